The number of rotatable bonds is 11. The molecule has 3 N–H and O–H groups in total. The molecule has 2 fully saturated rings. The minimum Gasteiger partial charge on any atom is -0.367 e. The molecule has 2 rings (SSSR count). The number of carbonyl (C=O) groups excluding carboxylic acids is 1. The Morgan fingerprint density at radius 2 is 1.65 bits per heavy atom. The molecule has 0 aromatic rings. The van der Waals surface area contributed by atoms with Crippen LogP contribution in [-0.2, 0) is 4.79 Å². The first-order valence-corrected chi connectivity index (χ1v) is 13.0. The van der Waals surface area contributed by atoms with Crippen molar-refractivity contribution in [2.24, 2.45) is 10.9 Å². The Labute approximate surface area is 221 Å². The largest absolute Gasteiger partial charge is 0.367 e. The summed E-state index contributed by atoms with van der Waals surface area (Å²) < 4.78 is 26.9. The lowest BCUT2D eigenvalue weighted by Crippen LogP contribution is -2.39. The highest BCUT2D eigenvalue weighted by atomic mass is 19.3. The zero-order chi connectivity index (χ0) is 27.4. The van der Waals surface area contributed by atoms with Gasteiger partial charge in [0.15, 0.2) is 0 Å². The zero-order valence-corrected chi connectivity index (χ0v) is 22.5. The maximum Gasteiger partial charge on any atom is 0.248 e. The molecule has 1 amide bonds. The third kappa shape index (κ3) is 9.73. The molecule has 0 aromatic carbocycles. The number of alkyl halides is 2. The Bertz CT molecular complexity index is 1000. The first-order chi connectivity index (χ1) is 17.6. The van der Waals surface area contributed by atoms with E-state index in [2.05, 4.69) is 35.7 Å². The number of allylic oxidation sites excluding steroid dienone is 10. The van der Waals surface area contributed by atoms with E-state index in [0.717, 1.165) is 42.9 Å². The molecule has 0 atom stereocenters. The van der Waals surface area contributed by atoms with E-state index in [-0.39, 0.29) is 31.6 Å². The van der Waals surface area contributed by atoms with Crippen LogP contribution in [0.5, 0.6) is 0 Å². The summed E-state index contributed by atoms with van der Waals surface area (Å²) in [5, 5.41) is 9.76. The molecule has 0 bridgehead atoms. The van der Waals surface area contributed by atoms with Crippen molar-refractivity contribution in [2.75, 3.05) is 13.1 Å². The average molecular weight is 513 g/mol. The molecule has 0 unspecified atom stereocenters. The van der Waals surface area contributed by atoms with Gasteiger partial charge in [-0.3, -0.25) is 4.79 Å². The van der Waals surface area contributed by atoms with E-state index < -0.39 is 11.8 Å². The highest BCUT2D eigenvalue weighted by Crippen LogP contribution is 2.36. The van der Waals surface area contributed by atoms with Gasteiger partial charge in [-0.15, -0.1) is 0 Å². The number of halogens is 2. The normalized spacial score (nSPS) is 20.8. The third-order valence-electron chi connectivity index (χ3n) is 6.71. The van der Waals surface area contributed by atoms with Crippen LogP contribution >= 0.6 is 0 Å². The predicted octanol–water partition coefficient (Wildman–Crippen LogP) is 6.28. The van der Waals surface area contributed by atoms with Crippen LogP contribution in [0, 0.1) is 5.92 Å². The van der Waals surface area contributed by atoms with Crippen molar-refractivity contribution in [3.05, 3.63) is 84.4 Å². The number of amides is 1. The van der Waals surface area contributed by atoms with E-state index in [1.54, 1.807) is 19.1 Å². The van der Waals surface area contributed by atoms with Crippen molar-refractivity contribution in [3.8, 4) is 0 Å². The molecule has 1 heterocycles. The number of piperidine rings is 1. The van der Waals surface area contributed by atoms with Crippen LogP contribution in [0.4, 0.5) is 8.78 Å². The maximum atomic E-state index is 13.5. The maximum absolute atomic E-state index is 13.5. The van der Waals surface area contributed by atoms with Gasteiger partial charge in [-0.25, -0.2) is 13.8 Å². The summed E-state index contributed by atoms with van der Waals surface area (Å²) in [5.74, 6) is -2.51. The van der Waals surface area contributed by atoms with Gasteiger partial charge in [0, 0.05) is 30.5 Å². The van der Waals surface area contributed by atoms with Crippen molar-refractivity contribution < 1.29 is 13.6 Å². The summed E-state index contributed by atoms with van der Waals surface area (Å²) in [7, 11) is 0. The van der Waals surface area contributed by atoms with Gasteiger partial charge in [0.2, 0.25) is 11.8 Å². The quantitative estimate of drug-likeness (QED) is 0.226. The summed E-state index contributed by atoms with van der Waals surface area (Å²) in [4.78, 5) is 17.5. The number of nitrogens with one attached hydrogen (secondary N) is 3. The second kappa shape index (κ2) is 14.6. The third-order valence-corrected chi connectivity index (χ3v) is 6.71. The minimum absolute atomic E-state index is 0.189. The summed E-state index contributed by atoms with van der Waals surface area (Å²) in [6.45, 7) is 19.5. The summed E-state index contributed by atoms with van der Waals surface area (Å²) >= 11 is 0. The summed E-state index contributed by atoms with van der Waals surface area (Å²) in [6, 6.07) is 0.368. The van der Waals surface area contributed by atoms with Crippen LogP contribution in [0.1, 0.15) is 59.3 Å². The van der Waals surface area contributed by atoms with Crippen LogP contribution in [0.15, 0.2) is 89.4 Å². The smallest absolute Gasteiger partial charge is 0.248 e. The molecule has 1 saturated heterocycles. The molecular weight excluding hydrogens is 470 g/mol. The Kier molecular flexibility index (Phi) is 11.9. The fourth-order valence-corrected chi connectivity index (χ4v) is 4.40. The molecule has 37 heavy (non-hydrogen) atoms. The molecule has 0 aromatic heterocycles. The predicted molar refractivity (Wildman–Crippen MR) is 150 cm³/mol. The van der Waals surface area contributed by atoms with Crippen LogP contribution in [0.25, 0.3) is 0 Å². The molecule has 7 heteroatoms. The van der Waals surface area contributed by atoms with Gasteiger partial charge in [-0.1, -0.05) is 31.9 Å². The Morgan fingerprint density at radius 3 is 2.19 bits per heavy atom. The molecule has 1 aliphatic heterocycles. The number of carbonyl (C=O) groups is 1. The van der Waals surface area contributed by atoms with E-state index in [4.69, 9.17) is 4.99 Å². The second-order valence-electron chi connectivity index (χ2n) is 9.56. The second-order valence-corrected chi connectivity index (χ2v) is 9.56. The number of aliphatic imine (C=N–C) groups is 1. The van der Waals surface area contributed by atoms with E-state index in [0.29, 0.717) is 23.0 Å². The lowest BCUT2D eigenvalue weighted by molar-refractivity contribution is -0.128. The Morgan fingerprint density at radius 1 is 1.00 bits per heavy atom. The summed E-state index contributed by atoms with van der Waals surface area (Å²) in [5.41, 5.74) is 3.56. The highest BCUT2D eigenvalue weighted by molar-refractivity contribution is 6.10. The standard InChI is InChI=1S/C30H42F2N4O/c1-7-21(5)25(19-22(6)34-29(37)24-11-15-30(31,32)16-12-24)20-23(8-2)27(9-3)36-28(10-4)35-26-13-17-33-18-14-26/h7-10,19-20,24,26,33,35H,1,3,5,11-18H2,2,4,6H3,(H,34,37)/b22-19+,23-8+,25-20-,28-10-,36-27+. The lowest BCUT2D eigenvalue weighted by atomic mass is 9.86. The van der Waals surface area contributed by atoms with Gasteiger partial charge in [0.05, 0.1) is 5.71 Å². The molecule has 1 aliphatic carbocycles. The topological polar surface area (TPSA) is 65.5 Å². The number of nitrogens with zero attached hydrogens (tertiary/aromatic N) is 1. The molecule has 0 spiro atoms. The fourth-order valence-electron chi connectivity index (χ4n) is 4.40. The van der Waals surface area contributed by atoms with Crippen molar-refractivity contribution >= 4 is 11.6 Å². The van der Waals surface area contributed by atoms with Crippen molar-refractivity contribution in [1.82, 2.24) is 16.0 Å². The molecular formula is C30H42F2N4O. The summed E-state index contributed by atoms with van der Waals surface area (Å²) in [6.07, 6.45) is 13.0. The van der Waals surface area contributed by atoms with Crippen molar-refractivity contribution in [1.29, 1.82) is 0 Å². The van der Waals surface area contributed by atoms with Crippen molar-refractivity contribution in [2.45, 2.75) is 71.3 Å². The van der Waals surface area contributed by atoms with E-state index in [1.807, 2.05) is 38.2 Å². The lowest BCUT2D eigenvalue weighted by Gasteiger charge is -2.27. The van der Waals surface area contributed by atoms with E-state index >= 15 is 0 Å². The molecule has 0 radical (unpaired) electrons. The van der Waals surface area contributed by atoms with Crippen LogP contribution in [0.2, 0.25) is 0 Å². The number of hydrogen-bond acceptors (Lipinski definition) is 4. The Hall–Kier alpha value is -3.06. The van der Waals surface area contributed by atoms with Crippen LogP contribution < -0.4 is 16.0 Å². The SMILES string of the molecule is C=CC(=C)C(=C\C(=C/C)C(\C=C)=N\C(=C/C)NC1CCNCC1)/C=C(\C)NC(=O)C1CCC(F)(F)CC1. The first kappa shape index (κ1) is 30.2. The van der Waals surface area contributed by atoms with Gasteiger partial charge in [-0.05, 0) is 101 Å². The van der Waals surface area contributed by atoms with E-state index in [1.165, 1.54) is 0 Å². The Balaban J connectivity index is 2.23. The van der Waals surface area contributed by atoms with Crippen molar-refractivity contribution in [3.63, 3.8) is 0 Å². The molecule has 5 nitrogen and oxygen atoms in total. The van der Waals surface area contributed by atoms with Crippen LogP contribution in [-0.4, -0.2) is 36.7 Å². The monoisotopic (exact) mass is 512 g/mol. The molecule has 2 aliphatic rings. The first-order valence-electron chi connectivity index (χ1n) is 13.0. The highest BCUT2D eigenvalue weighted by Gasteiger charge is 2.37. The number of hydrogen-bond donors (Lipinski definition) is 3. The van der Waals surface area contributed by atoms with Crippen LogP contribution in [0.3, 0.4) is 0 Å². The fraction of sp³-hybridized carbons (Fsp3) is 0.467. The molecule has 202 valence electrons. The van der Waals surface area contributed by atoms with Gasteiger partial charge in [0.25, 0.3) is 0 Å². The van der Waals surface area contributed by atoms with Gasteiger partial charge in [0.1, 0.15) is 5.82 Å². The van der Waals surface area contributed by atoms with Gasteiger partial charge >= 0.3 is 0 Å². The minimum atomic E-state index is -2.66. The van der Waals surface area contributed by atoms with E-state index in [9.17, 15) is 13.6 Å². The molecule has 1 saturated carbocycles. The zero-order valence-electron chi connectivity index (χ0n) is 22.5. The average Bonchev–Trinajstić information content (AvgIpc) is 2.89. The van der Waals surface area contributed by atoms with Gasteiger partial charge < -0.3 is 16.0 Å². The van der Waals surface area contributed by atoms with Gasteiger partial charge in [-0.2, -0.15) is 0 Å².